The summed E-state index contributed by atoms with van der Waals surface area (Å²) in [7, 11) is -3.78. The quantitative estimate of drug-likeness (QED) is 0.894. The van der Waals surface area contributed by atoms with Crippen LogP contribution in [0.25, 0.3) is 0 Å². The molecule has 0 aliphatic carbocycles. The van der Waals surface area contributed by atoms with Crippen LogP contribution in [0.5, 0.6) is 0 Å². The molecule has 0 aromatic heterocycles. The zero-order valence-corrected chi connectivity index (χ0v) is 11.4. The van der Waals surface area contributed by atoms with Crippen molar-refractivity contribution in [3.8, 4) is 0 Å². The van der Waals surface area contributed by atoms with Gasteiger partial charge in [0, 0.05) is 12.6 Å². The number of nitrogens with one attached hydrogen (secondary N) is 2. The lowest BCUT2D eigenvalue weighted by atomic mass is 10.1. The Labute approximate surface area is 115 Å². The molecule has 0 saturated carbocycles. The third kappa shape index (κ3) is 3.71. The number of sulfonamides is 1. The molecule has 0 unspecified atom stereocenters. The van der Waals surface area contributed by atoms with E-state index >= 15 is 0 Å². The van der Waals surface area contributed by atoms with Gasteiger partial charge in [-0.25, -0.2) is 13.1 Å². The van der Waals surface area contributed by atoms with Crippen LogP contribution in [0.2, 0.25) is 0 Å². The minimum atomic E-state index is -4.47. The molecule has 2 N–H and O–H groups in total. The predicted molar refractivity (Wildman–Crippen MR) is 67.7 cm³/mol. The number of halogens is 3. The maximum Gasteiger partial charge on any atom is 0.416 e. The maximum atomic E-state index is 12.4. The fourth-order valence-electron chi connectivity index (χ4n) is 2.06. The first-order valence-corrected chi connectivity index (χ1v) is 7.68. The van der Waals surface area contributed by atoms with E-state index in [9.17, 15) is 21.6 Å². The summed E-state index contributed by atoms with van der Waals surface area (Å²) in [6.45, 7) is 1.37. The maximum absolute atomic E-state index is 12.4. The third-order valence-electron chi connectivity index (χ3n) is 3.11. The molecule has 1 aliphatic heterocycles. The van der Waals surface area contributed by atoms with Crippen LogP contribution in [-0.4, -0.2) is 27.5 Å². The lowest BCUT2D eigenvalue weighted by molar-refractivity contribution is -0.137. The van der Waals surface area contributed by atoms with Crippen LogP contribution in [0, 0.1) is 0 Å². The van der Waals surface area contributed by atoms with E-state index in [1.807, 2.05) is 0 Å². The van der Waals surface area contributed by atoms with E-state index in [2.05, 4.69) is 10.0 Å². The van der Waals surface area contributed by atoms with E-state index in [1.54, 1.807) is 0 Å². The van der Waals surface area contributed by atoms with E-state index in [0.29, 0.717) is 13.0 Å². The molecule has 2 rings (SSSR count). The summed E-state index contributed by atoms with van der Waals surface area (Å²) in [6, 6.07) is 3.26. The van der Waals surface area contributed by atoms with Crippen molar-refractivity contribution in [2.24, 2.45) is 0 Å². The monoisotopic (exact) mass is 308 g/mol. The Bertz CT molecular complexity index is 549. The summed E-state index contributed by atoms with van der Waals surface area (Å²) >= 11 is 0. The number of piperidine rings is 1. The van der Waals surface area contributed by atoms with Crippen molar-refractivity contribution in [2.45, 2.75) is 30.0 Å². The SMILES string of the molecule is O=S(=O)(N[C@@H]1CCCNC1)c1ccc(C(F)(F)F)cc1. The van der Waals surface area contributed by atoms with Crippen LogP contribution in [0.15, 0.2) is 29.2 Å². The molecule has 8 heteroatoms. The van der Waals surface area contributed by atoms with Crippen molar-refractivity contribution in [2.75, 3.05) is 13.1 Å². The van der Waals surface area contributed by atoms with Crippen molar-refractivity contribution in [1.29, 1.82) is 0 Å². The second-order valence-corrected chi connectivity index (χ2v) is 6.40. The van der Waals surface area contributed by atoms with Gasteiger partial charge in [0.2, 0.25) is 10.0 Å². The van der Waals surface area contributed by atoms with Gasteiger partial charge in [-0.2, -0.15) is 13.2 Å². The van der Waals surface area contributed by atoms with Gasteiger partial charge in [-0.1, -0.05) is 0 Å². The molecule has 0 bridgehead atoms. The molecular formula is C12H15F3N2O2S. The van der Waals surface area contributed by atoms with Gasteiger partial charge in [0.05, 0.1) is 10.5 Å². The number of benzene rings is 1. The van der Waals surface area contributed by atoms with Gasteiger partial charge in [0.25, 0.3) is 0 Å². The minimum Gasteiger partial charge on any atom is -0.315 e. The summed E-state index contributed by atoms with van der Waals surface area (Å²) in [5.74, 6) is 0. The first kappa shape index (κ1) is 15.3. The summed E-state index contributed by atoms with van der Waals surface area (Å²) in [4.78, 5) is -0.156. The van der Waals surface area contributed by atoms with Gasteiger partial charge in [-0.15, -0.1) is 0 Å². The van der Waals surface area contributed by atoms with E-state index in [1.165, 1.54) is 0 Å². The van der Waals surface area contributed by atoms with Crippen molar-refractivity contribution in [3.05, 3.63) is 29.8 Å². The highest BCUT2D eigenvalue weighted by Gasteiger charge is 2.31. The van der Waals surface area contributed by atoms with Gasteiger partial charge in [-0.05, 0) is 43.7 Å². The molecule has 1 aromatic rings. The number of rotatable bonds is 3. The summed E-state index contributed by atoms with van der Waals surface area (Å²) in [5, 5.41) is 3.06. The van der Waals surface area contributed by atoms with Crippen LogP contribution < -0.4 is 10.0 Å². The van der Waals surface area contributed by atoms with Gasteiger partial charge in [0.15, 0.2) is 0 Å². The minimum absolute atomic E-state index is 0.156. The van der Waals surface area contributed by atoms with Crippen LogP contribution in [0.4, 0.5) is 13.2 Å². The smallest absolute Gasteiger partial charge is 0.315 e. The van der Waals surface area contributed by atoms with Crippen LogP contribution in [-0.2, 0) is 16.2 Å². The molecular weight excluding hydrogens is 293 g/mol. The molecule has 1 heterocycles. The van der Waals surface area contributed by atoms with Gasteiger partial charge >= 0.3 is 6.18 Å². The number of hydrogen-bond acceptors (Lipinski definition) is 3. The molecule has 1 atom stereocenters. The van der Waals surface area contributed by atoms with Gasteiger partial charge in [-0.3, -0.25) is 0 Å². The standard InChI is InChI=1S/C12H15F3N2O2S/c13-12(14,15)9-3-5-11(6-4-9)20(18,19)17-10-2-1-7-16-8-10/h3-6,10,16-17H,1-2,7-8H2/t10-/m1/s1. The van der Waals surface area contributed by atoms with E-state index in [-0.39, 0.29) is 10.9 Å². The fraction of sp³-hybridized carbons (Fsp3) is 0.500. The molecule has 0 radical (unpaired) electrons. The van der Waals surface area contributed by atoms with Gasteiger partial charge in [0.1, 0.15) is 0 Å². The van der Waals surface area contributed by atoms with Gasteiger partial charge < -0.3 is 5.32 Å². The highest BCUT2D eigenvalue weighted by Crippen LogP contribution is 2.29. The summed E-state index contributed by atoms with van der Waals surface area (Å²) in [5.41, 5.74) is -0.865. The van der Waals surface area contributed by atoms with E-state index in [4.69, 9.17) is 0 Å². The average molecular weight is 308 g/mol. The predicted octanol–water partition coefficient (Wildman–Crippen LogP) is 1.74. The molecule has 1 fully saturated rings. The topological polar surface area (TPSA) is 58.2 Å². The van der Waals surface area contributed by atoms with Crippen LogP contribution >= 0.6 is 0 Å². The molecule has 112 valence electrons. The Morgan fingerprint density at radius 2 is 1.85 bits per heavy atom. The zero-order valence-electron chi connectivity index (χ0n) is 10.6. The Balaban J connectivity index is 2.13. The molecule has 20 heavy (non-hydrogen) atoms. The molecule has 4 nitrogen and oxygen atoms in total. The first-order valence-electron chi connectivity index (χ1n) is 6.19. The first-order chi connectivity index (χ1) is 9.29. The van der Waals surface area contributed by atoms with Crippen molar-refractivity contribution < 1.29 is 21.6 Å². The Hall–Kier alpha value is -1.12. The fourth-order valence-corrected chi connectivity index (χ4v) is 3.33. The third-order valence-corrected chi connectivity index (χ3v) is 4.65. The second kappa shape index (κ2) is 5.71. The summed E-state index contributed by atoms with van der Waals surface area (Å²) in [6.07, 6.45) is -2.89. The average Bonchev–Trinajstić information content (AvgIpc) is 2.38. The molecule has 1 saturated heterocycles. The molecule has 1 aromatic carbocycles. The van der Waals surface area contributed by atoms with Crippen molar-refractivity contribution in [3.63, 3.8) is 0 Å². The lowest BCUT2D eigenvalue weighted by Gasteiger charge is -2.23. The summed E-state index contributed by atoms with van der Waals surface area (Å²) < 4.78 is 63.8. The Morgan fingerprint density at radius 3 is 2.35 bits per heavy atom. The van der Waals surface area contributed by atoms with E-state index in [0.717, 1.165) is 37.2 Å². The van der Waals surface area contributed by atoms with E-state index < -0.39 is 21.8 Å². The normalized spacial score (nSPS) is 20.9. The Morgan fingerprint density at radius 1 is 1.20 bits per heavy atom. The highest BCUT2D eigenvalue weighted by molar-refractivity contribution is 7.89. The zero-order chi connectivity index (χ0) is 14.8. The molecule has 0 spiro atoms. The number of hydrogen-bond donors (Lipinski definition) is 2. The lowest BCUT2D eigenvalue weighted by Crippen LogP contribution is -2.45. The molecule has 1 aliphatic rings. The Kier molecular flexibility index (Phi) is 4.36. The number of alkyl halides is 3. The second-order valence-electron chi connectivity index (χ2n) is 4.69. The van der Waals surface area contributed by atoms with Crippen molar-refractivity contribution >= 4 is 10.0 Å². The van der Waals surface area contributed by atoms with Crippen LogP contribution in [0.1, 0.15) is 18.4 Å². The molecule has 0 amide bonds. The van der Waals surface area contributed by atoms with Crippen LogP contribution in [0.3, 0.4) is 0 Å². The largest absolute Gasteiger partial charge is 0.416 e. The van der Waals surface area contributed by atoms with Crippen molar-refractivity contribution in [1.82, 2.24) is 10.0 Å². The highest BCUT2D eigenvalue weighted by atomic mass is 32.2.